The Morgan fingerprint density at radius 3 is 2.35 bits per heavy atom. The van der Waals surface area contributed by atoms with Gasteiger partial charge in [-0.15, -0.1) is 5.73 Å². The van der Waals surface area contributed by atoms with E-state index in [1.54, 1.807) is 0 Å². The standard InChI is InChI=1S/C23H16O3/c24-23(25)13-12-20-18-8-4-5-9-19(18)22-14-17(10-11-21(20)22)26-15-16-6-2-1-3-7-16/h1-11,13-14H,15H2,(H,24,25). The van der Waals surface area contributed by atoms with Gasteiger partial charge in [0.05, 0.1) is 6.08 Å². The first-order valence-corrected chi connectivity index (χ1v) is 8.33. The van der Waals surface area contributed by atoms with Gasteiger partial charge in [-0.05, 0) is 46.0 Å². The van der Waals surface area contributed by atoms with Crippen molar-refractivity contribution < 1.29 is 14.6 Å². The highest BCUT2D eigenvalue weighted by Gasteiger charge is 2.23. The fraction of sp³-hybridized carbons (Fsp3) is 0.0435. The Morgan fingerprint density at radius 2 is 1.58 bits per heavy atom. The number of carboxylic acids is 1. The zero-order valence-corrected chi connectivity index (χ0v) is 14.0. The molecular weight excluding hydrogens is 324 g/mol. The lowest BCUT2D eigenvalue weighted by molar-refractivity contribution is -0.131. The molecule has 0 spiro atoms. The molecule has 1 aliphatic rings. The van der Waals surface area contributed by atoms with Gasteiger partial charge >= 0.3 is 5.97 Å². The van der Waals surface area contributed by atoms with Crippen LogP contribution in [0.4, 0.5) is 0 Å². The molecule has 0 heterocycles. The fourth-order valence-electron chi connectivity index (χ4n) is 3.17. The van der Waals surface area contributed by atoms with Crippen LogP contribution in [-0.4, -0.2) is 11.1 Å². The maximum atomic E-state index is 10.9. The van der Waals surface area contributed by atoms with Crippen LogP contribution in [0.5, 0.6) is 5.75 Å². The largest absolute Gasteiger partial charge is 0.489 e. The van der Waals surface area contributed by atoms with Gasteiger partial charge in [0, 0.05) is 5.57 Å². The molecule has 126 valence electrons. The second-order valence-electron chi connectivity index (χ2n) is 6.03. The second kappa shape index (κ2) is 6.75. The SMILES string of the molecule is O=C(O)C=C=C1c2ccccc2-c2cc(OCc3ccccc3)ccc21. The van der Waals surface area contributed by atoms with Crippen molar-refractivity contribution in [3.63, 3.8) is 0 Å². The number of fused-ring (bicyclic) bond motifs is 3. The number of aliphatic carboxylic acids is 1. The van der Waals surface area contributed by atoms with Crippen molar-refractivity contribution in [2.75, 3.05) is 0 Å². The lowest BCUT2D eigenvalue weighted by atomic mass is 10.1. The Hall–Kier alpha value is -3.55. The zero-order valence-electron chi connectivity index (χ0n) is 14.0. The van der Waals surface area contributed by atoms with Crippen LogP contribution in [0.25, 0.3) is 16.7 Å². The topological polar surface area (TPSA) is 46.5 Å². The summed E-state index contributed by atoms with van der Waals surface area (Å²) in [5, 5.41) is 8.94. The van der Waals surface area contributed by atoms with E-state index in [4.69, 9.17) is 9.84 Å². The van der Waals surface area contributed by atoms with E-state index >= 15 is 0 Å². The lowest BCUT2D eigenvalue weighted by Crippen LogP contribution is -1.95. The van der Waals surface area contributed by atoms with Gasteiger partial charge in [-0.25, -0.2) is 4.79 Å². The van der Waals surface area contributed by atoms with Crippen LogP contribution in [0, 0.1) is 0 Å². The summed E-state index contributed by atoms with van der Waals surface area (Å²) in [5.41, 5.74) is 8.88. The minimum absolute atomic E-state index is 0.503. The van der Waals surface area contributed by atoms with E-state index in [9.17, 15) is 4.79 Å². The summed E-state index contributed by atoms with van der Waals surface area (Å²) in [4.78, 5) is 10.9. The van der Waals surface area contributed by atoms with Gasteiger partial charge < -0.3 is 9.84 Å². The molecule has 0 aliphatic heterocycles. The molecule has 3 aromatic rings. The molecule has 0 amide bonds. The molecule has 0 saturated heterocycles. The number of hydrogen-bond acceptors (Lipinski definition) is 2. The quantitative estimate of drug-likeness (QED) is 0.424. The van der Waals surface area contributed by atoms with Gasteiger partial charge in [0.2, 0.25) is 0 Å². The molecular formula is C23H16O3. The van der Waals surface area contributed by atoms with Crippen LogP contribution in [0.1, 0.15) is 16.7 Å². The third kappa shape index (κ3) is 3.04. The molecule has 0 atom stereocenters. The lowest BCUT2D eigenvalue weighted by Gasteiger charge is -2.08. The van der Waals surface area contributed by atoms with Crippen LogP contribution in [0.15, 0.2) is 84.6 Å². The molecule has 4 rings (SSSR count). The van der Waals surface area contributed by atoms with Crippen LogP contribution in [-0.2, 0) is 11.4 Å². The smallest absolute Gasteiger partial charge is 0.336 e. The summed E-state index contributed by atoms with van der Waals surface area (Å²) in [6.07, 6.45) is 1.06. The summed E-state index contributed by atoms with van der Waals surface area (Å²) in [6, 6.07) is 23.8. The van der Waals surface area contributed by atoms with Gasteiger partial charge in [0.25, 0.3) is 0 Å². The molecule has 26 heavy (non-hydrogen) atoms. The summed E-state index contributed by atoms with van der Waals surface area (Å²) >= 11 is 0. The van der Waals surface area contributed by atoms with Crippen LogP contribution in [0.3, 0.4) is 0 Å². The highest BCUT2D eigenvalue weighted by Crippen LogP contribution is 2.44. The molecule has 1 N–H and O–H groups in total. The van der Waals surface area contributed by atoms with E-state index in [-0.39, 0.29) is 0 Å². The van der Waals surface area contributed by atoms with Gasteiger partial charge in [0.15, 0.2) is 0 Å². The van der Waals surface area contributed by atoms with Crippen molar-refractivity contribution in [3.05, 3.63) is 101 Å². The van der Waals surface area contributed by atoms with E-state index in [0.29, 0.717) is 6.61 Å². The number of carbonyl (C=O) groups is 1. The second-order valence-corrected chi connectivity index (χ2v) is 6.03. The van der Waals surface area contributed by atoms with Crippen LogP contribution < -0.4 is 4.74 Å². The summed E-state index contributed by atoms with van der Waals surface area (Å²) in [6.45, 7) is 0.503. The third-order valence-corrected chi connectivity index (χ3v) is 4.34. The molecule has 0 saturated carbocycles. The number of benzene rings is 3. The number of hydrogen-bond donors (Lipinski definition) is 1. The first-order chi connectivity index (χ1) is 12.7. The predicted molar refractivity (Wildman–Crippen MR) is 101 cm³/mol. The highest BCUT2D eigenvalue weighted by molar-refractivity contribution is 6.02. The molecule has 3 heteroatoms. The zero-order chi connectivity index (χ0) is 17.9. The average molecular weight is 340 g/mol. The molecule has 0 fully saturated rings. The normalized spacial score (nSPS) is 11.3. The summed E-state index contributed by atoms with van der Waals surface area (Å²) in [7, 11) is 0. The van der Waals surface area contributed by atoms with E-state index in [1.807, 2.05) is 72.8 Å². The maximum Gasteiger partial charge on any atom is 0.336 e. The third-order valence-electron chi connectivity index (χ3n) is 4.34. The Labute approximate surface area is 151 Å². The molecule has 0 unspecified atom stereocenters. The maximum absolute atomic E-state index is 10.9. The van der Waals surface area contributed by atoms with E-state index < -0.39 is 5.97 Å². The van der Waals surface area contributed by atoms with Crippen molar-refractivity contribution in [1.29, 1.82) is 0 Å². The molecule has 0 radical (unpaired) electrons. The Kier molecular flexibility index (Phi) is 4.14. The monoisotopic (exact) mass is 340 g/mol. The Balaban J connectivity index is 1.72. The highest BCUT2D eigenvalue weighted by atomic mass is 16.5. The summed E-state index contributed by atoms with van der Waals surface area (Å²) < 4.78 is 5.93. The summed E-state index contributed by atoms with van der Waals surface area (Å²) in [5.74, 6) is -0.225. The van der Waals surface area contributed by atoms with Gasteiger partial charge in [0.1, 0.15) is 12.4 Å². The fourth-order valence-corrected chi connectivity index (χ4v) is 3.17. The minimum atomic E-state index is -1.01. The first-order valence-electron chi connectivity index (χ1n) is 8.33. The predicted octanol–water partition coefficient (Wildman–Crippen LogP) is 4.92. The Bertz CT molecular complexity index is 1040. The molecule has 0 aromatic heterocycles. The minimum Gasteiger partial charge on any atom is -0.489 e. The van der Waals surface area contributed by atoms with Gasteiger partial charge in [-0.2, -0.15) is 0 Å². The van der Waals surface area contributed by atoms with Gasteiger partial charge in [-0.3, -0.25) is 0 Å². The first kappa shape index (κ1) is 15.9. The number of rotatable bonds is 4. The number of ether oxygens (including phenoxy) is 1. The Morgan fingerprint density at radius 1 is 0.885 bits per heavy atom. The van der Waals surface area contributed by atoms with Crippen molar-refractivity contribution in [2.24, 2.45) is 0 Å². The molecule has 3 nitrogen and oxygen atoms in total. The van der Waals surface area contributed by atoms with Crippen LogP contribution >= 0.6 is 0 Å². The molecule has 3 aromatic carbocycles. The van der Waals surface area contributed by atoms with Crippen molar-refractivity contribution >= 4 is 11.5 Å². The van der Waals surface area contributed by atoms with Crippen molar-refractivity contribution in [1.82, 2.24) is 0 Å². The van der Waals surface area contributed by atoms with Crippen molar-refractivity contribution in [2.45, 2.75) is 6.61 Å². The average Bonchev–Trinajstić information content (AvgIpc) is 2.99. The van der Waals surface area contributed by atoms with E-state index in [1.165, 1.54) is 0 Å². The van der Waals surface area contributed by atoms with Crippen LogP contribution in [0.2, 0.25) is 0 Å². The van der Waals surface area contributed by atoms with E-state index in [0.717, 1.165) is 45.2 Å². The molecule has 1 aliphatic carbocycles. The van der Waals surface area contributed by atoms with E-state index in [2.05, 4.69) is 5.73 Å². The van der Waals surface area contributed by atoms with Gasteiger partial charge in [-0.1, -0.05) is 54.6 Å². The molecule has 0 bridgehead atoms. The number of carboxylic acid groups (broad SMARTS) is 1. The van der Waals surface area contributed by atoms with Crippen molar-refractivity contribution in [3.8, 4) is 16.9 Å².